The number of rotatable bonds is 8. The van der Waals surface area contributed by atoms with E-state index in [1.807, 2.05) is 0 Å². The Balaban J connectivity index is 1.44. The lowest BCUT2D eigenvalue weighted by atomic mass is 10.0. The number of allylic oxidation sites excluding steroid dienone is 1. The molecule has 6 rings (SSSR count). The number of benzene rings is 2. The van der Waals surface area contributed by atoms with Gasteiger partial charge in [0.1, 0.15) is 11.1 Å². The molecule has 4 heterocycles. The maximum Gasteiger partial charge on any atom is 0.337 e. The minimum Gasteiger partial charge on any atom is -0.494 e. The molecule has 2 aromatic carbocycles. The molecule has 0 saturated carbocycles. The van der Waals surface area contributed by atoms with Gasteiger partial charge in [-0.05, 0) is 60.7 Å². The van der Waals surface area contributed by atoms with Gasteiger partial charge in [-0.1, -0.05) is 6.08 Å². The molecular formula is C31H18N6O12. The Morgan fingerprint density at radius 2 is 1.29 bits per heavy atom. The molecule has 49 heavy (non-hydrogen) atoms. The lowest BCUT2D eigenvalue weighted by Gasteiger charge is -2.12. The quantitative estimate of drug-likeness (QED) is 0.119. The van der Waals surface area contributed by atoms with Gasteiger partial charge in [0.05, 0.1) is 38.8 Å². The lowest BCUT2D eigenvalue weighted by Crippen LogP contribution is -2.41. The maximum atomic E-state index is 13.3. The molecule has 0 unspecified atom stereocenters. The topological polar surface area (TPSA) is 286 Å². The first-order valence-corrected chi connectivity index (χ1v) is 13.7. The van der Waals surface area contributed by atoms with Crippen LogP contribution in [0.4, 0.5) is 5.69 Å². The van der Waals surface area contributed by atoms with E-state index < -0.39 is 79.8 Å². The molecule has 0 aliphatic carbocycles. The van der Waals surface area contributed by atoms with E-state index in [-0.39, 0.29) is 33.8 Å². The van der Waals surface area contributed by atoms with Crippen molar-refractivity contribution in [3.63, 3.8) is 0 Å². The second kappa shape index (κ2) is 11.6. The second-order valence-electron chi connectivity index (χ2n) is 10.2. The highest BCUT2D eigenvalue weighted by molar-refractivity contribution is 6.13. The number of nitrogens with zero attached hydrogens (tertiary/aromatic N) is 4. The first-order chi connectivity index (χ1) is 23.3. The summed E-state index contributed by atoms with van der Waals surface area (Å²) in [4.78, 5) is 91.4. The molecule has 18 nitrogen and oxygen atoms in total. The average molecular weight is 667 g/mol. The number of nitrogens with one attached hydrogen (secondary N) is 2. The Kier molecular flexibility index (Phi) is 7.44. The van der Waals surface area contributed by atoms with Crippen molar-refractivity contribution >= 4 is 47.6 Å². The van der Waals surface area contributed by atoms with Gasteiger partial charge in [-0.25, -0.2) is 19.2 Å². The molecule has 1 aromatic heterocycles. The van der Waals surface area contributed by atoms with Crippen molar-refractivity contribution in [2.75, 3.05) is 5.01 Å². The van der Waals surface area contributed by atoms with Gasteiger partial charge in [0.25, 0.3) is 17.0 Å². The van der Waals surface area contributed by atoms with Crippen LogP contribution in [0.5, 0.6) is 5.88 Å². The van der Waals surface area contributed by atoms with E-state index in [1.54, 1.807) is 0 Å². The predicted octanol–water partition coefficient (Wildman–Crippen LogP) is 0.541. The minimum absolute atomic E-state index is 0.0791. The van der Waals surface area contributed by atoms with Crippen molar-refractivity contribution in [1.82, 2.24) is 19.7 Å². The number of amides is 1. The molecule has 18 heteroatoms. The maximum absolute atomic E-state index is 13.3. The highest BCUT2D eigenvalue weighted by Gasteiger charge is 2.33. The molecule has 3 aliphatic rings. The molecule has 7 N–H and O–H groups in total. The highest BCUT2D eigenvalue weighted by atomic mass is 16.4. The number of anilines is 1. The molecule has 0 radical (unpaired) electrons. The van der Waals surface area contributed by atoms with Crippen LogP contribution in [0.1, 0.15) is 57.4 Å². The van der Waals surface area contributed by atoms with E-state index in [0.29, 0.717) is 0 Å². The van der Waals surface area contributed by atoms with Gasteiger partial charge in [0.2, 0.25) is 0 Å². The number of aromatic hydroxyl groups is 1. The largest absolute Gasteiger partial charge is 0.494 e. The van der Waals surface area contributed by atoms with Crippen molar-refractivity contribution in [3.8, 4) is 23.0 Å². The van der Waals surface area contributed by atoms with Crippen molar-refractivity contribution < 1.29 is 49.5 Å². The normalized spacial score (nSPS) is 12.8. The van der Waals surface area contributed by atoms with Gasteiger partial charge in [-0.2, -0.15) is 9.69 Å². The summed E-state index contributed by atoms with van der Waals surface area (Å²) in [5.74, 6) is -7.82. The first kappa shape index (κ1) is 31.4. The number of hydrogen-bond donors (Lipinski definition) is 7. The minimum atomic E-state index is -1.68. The summed E-state index contributed by atoms with van der Waals surface area (Å²) in [5.41, 5.74) is -5.15. The number of fused-ring (bicyclic) bond motifs is 2. The Hall–Kier alpha value is -7.63. The fraction of sp³-hybridized carbons (Fsp3) is 0. The van der Waals surface area contributed by atoms with Crippen molar-refractivity contribution in [3.05, 3.63) is 119 Å². The number of aromatic nitrogens is 4. The average Bonchev–Trinajstić information content (AvgIpc) is 3.56. The smallest absolute Gasteiger partial charge is 0.337 e. The fourth-order valence-electron chi connectivity index (χ4n) is 5.13. The predicted molar refractivity (Wildman–Crippen MR) is 165 cm³/mol. The summed E-state index contributed by atoms with van der Waals surface area (Å²) in [6.07, 6.45) is 2.94. The fourth-order valence-corrected chi connectivity index (χ4v) is 5.13. The lowest BCUT2D eigenvalue weighted by molar-refractivity contribution is 0.0682. The zero-order valence-electron chi connectivity index (χ0n) is 24.2. The molecule has 1 amide bonds. The number of aromatic carboxylic acids is 4. The van der Waals surface area contributed by atoms with Gasteiger partial charge >= 0.3 is 23.9 Å². The number of aromatic amines is 2. The highest BCUT2D eigenvalue weighted by Crippen LogP contribution is 2.31. The number of carbonyl (C=O) groups is 5. The molecule has 0 fully saturated rings. The van der Waals surface area contributed by atoms with Crippen LogP contribution in [0.25, 0.3) is 29.2 Å². The first-order valence-electron chi connectivity index (χ1n) is 13.7. The van der Waals surface area contributed by atoms with Gasteiger partial charge < -0.3 is 35.5 Å². The van der Waals surface area contributed by atoms with Crippen LogP contribution < -0.4 is 26.8 Å². The van der Waals surface area contributed by atoms with Crippen LogP contribution in [-0.2, 0) is 0 Å². The van der Waals surface area contributed by atoms with Crippen LogP contribution in [0.3, 0.4) is 0 Å². The summed E-state index contributed by atoms with van der Waals surface area (Å²) < 4.78 is 0.799. The van der Waals surface area contributed by atoms with Gasteiger partial charge in [-0.3, -0.25) is 14.4 Å². The van der Waals surface area contributed by atoms with Crippen molar-refractivity contribution in [2.24, 2.45) is 5.10 Å². The van der Waals surface area contributed by atoms with Crippen molar-refractivity contribution in [2.45, 2.75) is 0 Å². The van der Waals surface area contributed by atoms with Gasteiger partial charge in [0, 0.05) is 5.56 Å². The Bertz CT molecular complexity index is 2530. The third-order valence-corrected chi connectivity index (χ3v) is 7.36. The van der Waals surface area contributed by atoms with Crippen LogP contribution >= 0.6 is 0 Å². The monoisotopic (exact) mass is 666 g/mol. The number of carboxylic acids is 4. The summed E-state index contributed by atoms with van der Waals surface area (Å²) >= 11 is 0. The molecule has 0 bridgehead atoms. The van der Waals surface area contributed by atoms with Crippen molar-refractivity contribution in [1.29, 1.82) is 0 Å². The molecule has 0 spiro atoms. The molecular weight excluding hydrogens is 648 g/mol. The Morgan fingerprint density at radius 3 is 1.84 bits per heavy atom. The number of carboxylic acid groups (broad SMARTS) is 4. The number of hydrogen-bond acceptors (Lipinski definition) is 10. The third-order valence-electron chi connectivity index (χ3n) is 7.36. The molecule has 3 aliphatic heterocycles. The summed E-state index contributed by atoms with van der Waals surface area (Å²) in [5, 5.41) is 57.2. The standard InChI is InChI=1S/C31H18N6O12/c38-24-16(18(30(46)47)20-22(32-24)34-36(26(20)40)14-8-4-12(5-9-14)28(42)43)2-1-3-17-19(31(48)49)21-23(33-25(17)39)35-37(27(21)41)15-10-6-13(7-11-15)29(44)45/h1-11H,(H,42,43)(H,44,45)(H,46,47)(H,48,49)(H,32,34,38)(H2,33,35,39). The molecule has 0 saturated heterocycles. The SMILES string of the molecule is O=C(O)c1ccc(N2N=c3[nH]c(=O)c(=CC=Cc4c(O)[nH]c5nn(-c6ccc(C(=O)O)cc6)c(=O)c-5c4C(=O)O)c(C(=O)O)c3C2=O)cc1. The number of H-pyrrole nitrogens is 2. The number of pyridine rings is 2. The third kappa shape index (κ3) is 5.25. The van der Waals surface area contributed by atoms with Crippen LogP contribution in [0.15, 0.2) is 69.3 Å². The van der Waals surface area contributed by atoms with E-state index in [1.165, 1.54) is 48.5 Å². The Morgan fingerprint density at radius 1 is 0.714 bits per heavy atom. The summed E-state index contributed by atoms with van der Waals surface area (Å²) in [6.45, 7) is 0. The van der Waals surface area contributed by atoms with Crippen LogP contribution in [-0.4, -0.2) is 75.1 Å². The zero-order chi connectivity index (χ0) is 35.3. The zero-order valence-corrected chi connectivity index (χ0v) is 24.2. The van der Waals surface area contributed by atoms with Crippen LogP contribution in [0, 0.1) is 0 Å². The van der Waals surface area contributed by atoms with Gasteiger partial charge in [0.15, 0.2) is 17.2 Å². The van der Waals surface area contributed by atoms with Crippen LogP contribution in [0.2, 0.25) is 0 Å². The molecule has 3 aromatic rings. The van der Waals surface area contributed by atoms with E-state index in [9.17, 15) is 48.9 Å². The second-order valence-corrected chi connectivity index (χ2v) is 10.2. The van der Waals surface area contributed by atoms with E-state index >= 15 is 0 Å². The van der Waals surface area contributed by atoms with E-state index in [4.69, 9.17) is 10.2 Å². The summed E-state index contributed by atoms with van der Waals surface area (Å²) in [6, 6.07) is 9.87. The summed E-state index contributed by atoms with van der Waals surface area (Å²) in [7, 11) is 0. The Labute approximate surface area is 269 Å². The van der Waals surface area contributed by atoms with E-state index in [2.05, 4.69) is 20.2 Å². The van der Waals surface area contributed by atoms with E-state index in [0.717, 1.165) is 27.9 Å². The van der Waals surface area contributed by atoms with Gasteiger partial charge in [-0.15, -0.1) is 10.2 Å². The molecule has 244 valence electrons. The number of carbonyl (C=O) groups excluding carboxylic acids is 1. The molecule has 0 atom stereocenters.